The molecule has 0 unspecified atom stereocenters. The Hall–Kier alpha value is -3.18. The maximum atomic E-state index is 13.2. The molecule has 0 bridgehead atoms. The van der Waals surface area contributed by atoms with Gasteiger partial charge in [0.05, 0.1) is 12.5 Å². The first-order chi connectivity index (χ1) is 15.6. The number of likely N-dealkylation sites (tertiary alicyclic amines) is 1. The minimum absolute atomic E-state index is 0.159. The second kappa shape index (κ2) is 9.96. The third-order valence-electron chi connectivity index (χ3n) is 6.30. The number of aromatic nitrogens is 1. The lowest BCUT2D eigenvalue weighted by Crippen LogP contribution is -2.44. The van der Waals surface area contributed by atoms with Gasteiger partial charge in [0, 0.05) is 32.0 Å². The van der Waals surface area contributed by atoms with E-state index in [1.54, 1.807) is 7.11 Å². The predicted molar refractivity (Wildman–Crippen MR) is 127 cm³/mol. The number of amides is 1. The van der Waals surface area contributed by atoms with E-state index in [0.29, 0.717) is 6.54 Å². The van der Waals surface area contributed by atoms with Crippen LogP contribution in [-0.4, -0.2) is 42.5 Å². The molecular weight excluding hydrogens is 398 g/mol. The molecule has 2 heterocycles. The van der Waals surface area contributed by atoms with Crippen LogP contribution in [0, 0.1) is 5.41 Å². The number of pyridine rings is 1. The van der Waals surface area contributed by atoms with E-state index in [4.69, 9.17) is 4.74 Å². The average molecular weight is 430 g/mol. The predicted octanol–water partition coefficient (Wildman–Crippen LogP) is 4.33. The van der Waals surface area contributed by atoms with E-state index in [1.165, 1.54) is 11.1 Å². The highest BCUT2D eigenvalue weighted by molar-refractivity contribution is 5.83. The molecular formula is C27H31N3O2. The Morgan fingerprint density at radius 1 is 1.06 bits per heavy atom. The van der Waals surface area contributed by atoms with E-state index in [9.17, 15) is 4.79 Å². The van der Waals surface area contributed by atoms with Gasteiger partial charge in [0.15, 0.2) is 0 Å². The van der Waals surface area contributed by atoms with E-state index in [-0.39, 0.29) is 5.91 Å². The molecule has 166 valence electrons. The third kappa shape index (κ3) is 5.00. The van der Waals surface area contributed by atoms with Gasteiger partial charge in [-0.3, -0.25) is 14.7 Å². The smallest absolute Gasteiger partial charge is 0.227 e. The number of carbonyl (C=O) groups excluding carboxylic acids is 1. The van der Waals surface area contributed by atoms with Crippen LogP contribution in [0.3, 0.4) is 0 Å². The van der Waals surface area contributed by atoms with Crippen LogP contribution in [-0.2, 0) is 17.8 Å². The molecule has 1 aliphatic rings. The molecule has 32 heavy (non-hydrogen) atoms. The molecule has 1 saturated heterocycles. The van der Waals surface area contributed by atoms with Crippen molar-refractivity contribution < 1.29 is 9.53 Å². The van der Waals surface area contributed by atoms with Crippen LogP contribution in [0.2, 0.25) is 0 Å². The number of ether oxygens (including phenoxy) is 1. The molecule has 2 aromatic carbocycles. The summed E-state index contributed by atoms with van der Waals surface area (Å²) in [6.07, 6.45) is 5.21. The van der Waals surface area contributed by atoms with Crippen LogP contribution < -0.4 is 10.1 Å². The Labute approximate surface area is 190 Å². The number of carbonyl (C=O) groups is 1. The molecule has 1 N–H and O–H groups in total. The Morgan fingerprint density at radius 2 is 1.81 bits per heavy atom. The summed E-state index contributed by atoms with van der Waals surface area (Å²) < 4.78 is 5.36. The standard InChI is InChI=1S/C27H31N3O2/c1-3-29-26(31)27(13-16-30(20-27)19-22-5-4-6-25(17-22)32-2)18-21-7-9-23(10-8-21)24-11-14-28-15-12-24/h4-12,14-15,17H,3,13,16,18-20H2,1-2H3,(H,29,31)/t27-/m0/s1. The fourth-order valence-corrected chi connectivity index (χ4v) is 4.63. The van der Waals surface area contributed by atoms with Gasteiger partial charge in [-0.25, -0.2) is 0 Å². The number of methoxy groups -OCH3 is 1. The number of hydrogen-bond donors (Lipinski definition) is 1. The highest BCUT2D eigenvalue weighted by Gasteiger charge is 2.44. The van der Waals surface area contributed by atoms with Crippen LogP contribution in [0.25, 0.3) is 11.1 Å². The van der Waals surface area contributed by atoms with E-state index >= 15 is 0 Å². The number of nitrogens with zero attached hydrogens (tertiary/aromatic N) is 2. The van der Waals surface area contributed by atoms with Crippen LogP contribution in [0.1, 0.15) is 24.5 Å². The molecule has 1 atom stereocenters. The van der Waals surface area contributed by atoms with Crippen molar-refractivity contribution in [3.63, 3.8) is 0 Å². The van der Waals surface area contributed by atoms with E-state index < -0.39 is 5.41 Å². The van der Waals surface area contributed by atoms with Crippen LogP contribution >= 0.6 is 0 Å². The summed E-state index contributed by atoms with van der Waals surface area (Å²) in [4.78, 5) is 19.7. The Bertz CT molecular complexity index is 1040. The second-order valence-corrected chi connectivity index (χ2v) is 8.56. The van der Waals surface area contributed by atoms with Crippen molar-refractivity contribution in [3.05, 3.63) is 84.2 Å². The van der Waals surface area contributed by atoms with Crippen molar-refractivity contribution >= 4 is 5.91 Å². The number of rotatable bonds is 8. The number of benzene rings is 2. The van der Waals surface area contributed by atoms with Crippen molar-refractivity contribution in [1.82, 2.24) is 15.2 Å². The molecule has 0 aliphatic carbocycles. The lowest BCUT2D eigenvalue weighted by Gasteiger charge is -2.28. The molecule has 0 saturated carbocycles. The molecule has 5 heteroatoms. The molecule has 0 radical (unpaired) electrons. The first kappa shape index (κ1) is 22.0. The van der Waals surface area contributed by atoms with E-state index in [1.807, 2.05) is 43.6 Å². The maximum Gasteiger partial charge on any atom is 0.227 e. The molecule has 1 aliphatic heterocycles. The van der Waals surface area contributed by atoms with Gasteiger partial charge in [0.25, 0.3) is 0 Å². The zero-order chi connectivity index (χ0) is 22.4. The molecule has 4 rings (SSSR count). The van der Waals surface area contributed by atoms with E-state index in [2.05, 4.69) is 51.6 Å². The first-order valence-electron chi connectivity index (χ1n) is 11.2. The summed E-state index contributed by atoms with van der Waals surface area (Å²) in [6, 6.07) is 20.8. The normalized spacial score (nSPS) is 18.4. The van der Waals surface area contributed by atoms with Gasteiger partial charge < -0.3 is 10.1 Å². The highest BCUT2D eigenvalue weighted by Crippen LogP contribution is 2.36. The van der Waals surface area contributed by atoms with Crippen LogP contribution in [0.4, 0.5) is 0 Å². The van der Waals surface area contributed by atoms with Gasteiger partial charge in [-0.15, -0.1) is 0 Å². The van der Waals surface area contributed by atoms with Crippen molar-refractivity contribution in [1.29, 1.82) is 0 Å². The first-order valence-corrected chi connectivity index (χ1v) is 11.2. The summed E-state index contributed by atoms with van der Waals surface area (Å²) in [5.41, 5.74) is 4.30. The van der Waals surface area contributed by atoms with Crippen LogP contribution in [0.15, 0.2) is 73.1 Å². The molecule has 3 aromatic rings. The topological polar surface area (TPSA) is 54.5 Å². The zero-order valence-electron chi connectivity index (χ0n) is 18.9. The lowest BCUT2D eigenvalue weighted by atomic mass is 9.79. The minimum atomic E-state index is -0.410. The van der Waals surface area contributed by atoms with Gasteiger partial charge >= 0.3 is 0 Å². The summed E-state index contributed by atoms with van der Waals surface area (Å²) in [5.74, 6) is 1.03. The third-order valence-corrected chi connectivity index (χ3v) is 6.30. The fourth-order valence-electron chi connectivity index (χ4n) is 4.63. The largest absolute Gasteiger partial charge is 0.497 e. The van der Waals surface area contributed by atoms with Crippen LogP contribution in [0.5, 0.6) is 5.75 Å². The van der Waals surface area contributed by atoms with E-state index in [0.717, 1.165) is 49.4 Å². The zero-order valence-corrected chi connectivity index (χ0v) is 18.9. The summed E-state index contributed by atoms with van der Waals surface area (Å²) in [5, 5.41) is 3.10. The summed E-state index contributed by atoms with van der Waals surface area (Å²) in [7, 11) is 1.69. The van der Waals surface area contributed by atoms with Gasteiger partial charge in [0.1, 0.15) is 5.75 Å². The van der Waals surface area contributed by atoms with Gasteiger partial charge in [-0.1, -0.05) is 36.4 Å². The molecule has 1 amide bonds. The quantitative estimate of drug-likeness (QED) is 0.579. The molecule has 1 fully saturated rings. The van der Waals surface area contributed by atoms with Gasteiger partial charge in [-0.05, 0) is 72.8 Å². The van der Waals surface area contributed by atoms with Crippen molar-refractivity contribution in [2.45, 2.75) is 26.3 Å². The highest BCUT2D eigenvalue weighted by atomic mass is 16.5. The monoisotopic (exact) mass is 429 g/mol. The second-order valence-electron chi connectivity index (χ2n) is 8.56. The Balaban J connectivity index is 1.50. The lowest BCUT2D eigenvalue weighted by molar-refractivity contribution is -0.130. The molecule has 0 spiro atoms. The molecule has 1 aromatic heterocycles. The van der Waals surface area contributed by atoms with Crippen molar-refractivity contribution in [2.75, 3.05) is 26.7 Å². The summed E-state index contributed by atoms with van der Waals surface area (Å²) in [6.45, 7) is 5.11. The maximum absolute atomic E-state index is 13.2. The number of nitrogens with one attached hydrogen (secondary N) is 1. The Morgan fingerprint density at radius 3 is 2.53 bits per heavy atom. The van der Waals surface area contributed by atoms with Gasteiger partial charge in [-0.2, -0.15) is 0 Å². The van der Waals surface area contributed by atoms with Gasteiger partial charge in [0.2, 0.25) is 5.91 Å². The fraction of sp³-hybridized carbons (Fsp3) is 0.333. The Kier molecular flexibility index (Phi) is 6.86. The average Bonchev–Trinajstić information content (AvgIpc) is 3.24. The SMILES string of the molecule is CCNC(=O)[C@]1(Cc2ccc(-c3ccncc3)cc2)CCN(Cc2cccc(OC)c2)C1. The van der Waals surface area contributed by atoms with Crippen molar-refractivity contribution in [3.8, 4) is 16.9 Å². The molecule has 5 nitrogen and oxygen atoms in total. The minimum Gasteiger partial charge on any atom is -0.497 e. The summed E-state index contributed by atoms with van der Waals surface area (Å²) >= 11 is 0. The van der Waals surface area contributed by atoms with Crippen molar-refractivity contribution in [2.24, 2.45) is 5.41 Å². The number of hydrogen-bond acceptors (Lipinski definition) is 4.